The lowest BCUT2D eigenvalue weighted by atomic mass is 10.1. The second-order valence-corrected chi connectivity index (χ2v) is 6.99. The molecule has 1 aromatic heterocycles. The van der Waals surface area contributed by atoms with Crippen LogP contribution in [0, 0.1) is 27.7 Å². The molecule has 3 aromatic rings. The van der Waals surface area contributed by atoms with Crippen LogP contribution >= 0.6 is 0 Å². The number of esters is 1. The van der Waals surface area contributed by atoms with Crippen molar-refractivity contribution in [1.82, 2.24) is 5.16 Å². The second kappa shape index (κ2) is 9.26. The molecule has 3 rings (SSSR count). The molecular weight excluding hydrogens is 384 g/mol. The normalized spacial score (nSPS) is 10.5. The van der Waals surface area contributed by atoms with Gasteiger partial charge in [-0.2, -0.15) is 0 Å². The number of hydrogen-bond acceptors (Lipinski definition) is 6. The molecule has 30 heavy (non-hydrogen) atoms. The minimum absolute atomic E-state index is 0.276. The molecule has 0 spiro atoms. The van der Waals surface area contributed by atoms with Gasteiger partial charge in [0.1, 0.15) is 18.1 Å². The zero-order valence-corrected chi connectivity index (χ0v) is 17.4. The van der Waals surface area contributed by atoms with Gasteiger partial charge < -0.3 is 19.3 Å². The molecule has 0 saturated carbocycles. The summed E-state index contributed by atoms with van der Waals surface area (Å²) in [5, 5.41) is 6.65. The minimum Gasteiger partial charge on any atom is -0.489 e. The van der Waals surface area contributed by atoms with Crippen LogP contribution in [0.4, 0.5) is 5.69 Å². The Bertz CT molecular complexity index is 1050. The first-order chi connectivity index (χ1) is 14.3. The molecule has 0 aliphatic carbocycles. The van der Waals surface area contributed by atoms with Gasteiger partial charge in [-0.05, 0) is 63.1 Å². The monoisotopic (exact) mass is 408 g/mol. The van der Waals surface area contributed by atoms with Gasteiger partial charge >= 0.3 is 5.97 Å². The largest absolute Gasteiger partial charge is 0.489 e. The van der Waals surface area contributed by atoms with Gasteiger partial charge in [-0.1, -0.05) is 23.4 Å². The maximum absolute atomic E-state index is 12.3. The van der Waals surface area contributed by atoms with Crippen molar-refractivity contribution in [3.05, 3.63) is 76.2 Å². The predicted molar refractivity (Wildman–Crippen MR) is 112 cm³/mol. The highest BCUT2D eigenvalue weighted by atomic mass is 16.5. The quantitative estimate of drug-likeness (QED) is 0.587. The van der Waals surface area contributed by atoms with E-state index in [2.05, 4.69) is 10.5 Å². The van der Waals surface area contributed by atoms with E-state index in [1.165, 1.54) is 0 Å². The third-order valence-electron chi connectivity index (χ3n) is 4.85. The first-order valence-electron chi connectivity index (χ1n) is 9.53. The van der Waals surface area contributed by atoms with Crippen LogP contribution in [-0.4, -0.2) is 23.6 Å². The van der Waals surface area contributed by atoms with Crippen LogP contribution in [0.15, 0.2) is 47.0 Å². The van der Waals surface area contributed by atoms with E-state index in [0.717, 1.165) is 22.4 Å². The van der Waals surface area contributed by atoms with Crippen LogP contribution in [0.25, 0.3) is 0 Å². The maximum Gasteiger partial charge on any atom is 0.338 e. The van der Waals surface area contributed by atoms with Crippen LogP contribution in [0.2, 0.25) is 0 Å². The minimum atomic E-state index is -0.603. The molecule has 7 heteroatoms. The molecule has 0 radical (unpaired) electrons. The van der Waals surface area contributed by atoms with E-state index in [9.17, 15) is 9.59 Å². The molecule has 0 saturated heterocycles. The van der Waals surface area contributed by atoms with Gasteiger partial charge in [-0.3, -0.25) is 4.79 Å². The van der Waals surface area contributed by atoms with Crippen molar-refractivity contribution >= 4 is 17.6 Å². The summed E-state index contributed by atoms with van der Waals surface area (Å²) in [6.07, 6.45) is 0. The van der Waals surface area contributed by atoms with Gasteiger partial charge in [-0.15, -0.1) is 0 Å². The number of hydrogen-bond donors (Lipinski definition) is 1. The Labute approximate surface area is 175 Å². The molecule has 1 heterocycles. The molecular formula is C23H24N2O5. The summed E-state index contributed by atoms with van der Waals surface area (Å²) in [6, 6.07) is 12.2. The van der Waals surface area contributed by atoms with Crippen molar-refractivity contribution in [2.24, 2.45) is 0 Å². The SMILES string of the molecule is Cc1cccc(NC(=O)COC(=O)c2cccc(OCc3c(C)noc3C)c2)c1C. The topological polar surface area (TPSA) is 90.7 Å². The average molecular weight is 408 g/mol. The summed E-state index contributed by atoms with van der Waals surface area (Å²) < 4.78 is 16.0. The number of nitrogens with one attached hydrogen (secondary N) is 1. The lowest BCUT2D eigenvalue weighted by Gasteiger charge is -2.11. The van der Waals surface area contributed by atoms with E-state index in [1.54, 1.807) is 24.3 Å². The molecule has 1 amide bonds. The Kier molecular flexibility index (Phi) is 6.51. The third-order valence-corrected chi connectivity index (χ3v) is 4.85. The standard InChI is InChI=1S/C23H24N2O5/c1-14-7-5-10-21(15(14)2)24-22(26)13-29-23(27)18-8-6-9-19(11-18)28-12-20-16(3)25-30-17(20)4/h5-11H,12-13H2,1-4H3,(H,24,26). The van der Waals surface area contributed by atoms with Crippen LogP contribution < -0.4 is 10.1 Å². The Morgan fingerprint density at radius 2 is 1.83 bits per heavy atom. The Morgan fingerprint density at radius 3 is 2.57 bits per heavy atom. The van der Waals surface area contributed by atoms with E-state index >= 15 is 0 Å². The fourth-order valence-corrected chi connectivity index (χ4v) is 2.86. The predicted octanol–water partition coefficient (Wildman–Crippen LogP) is 4.28. The number of benzene rings is 2. The van der Waals surface area contributed by atoms with Gasteiger partial charge in [0.15, 0.2) is 6.61 Å². The first kappa shape index (κ1) is 21.1. The fraction of sp³-hybridized carbons (Fsp3) is 0.261. The number of anilines is 1. The number of nitrogens with zero attached hydrogens (tertiary/aromatic N) is 1. The molecule has 0 aliphatic rings. The van der Waals surface area contributed by atoms with Crippen molar-refractivity contribution < 1.29 is 23.6 Å². The van der Waals surface area contributed by atoms with Crippen molar-refractivity contribution in [3.8, 4) is 5.75 Å². The number of aryl methyl sites for hydroxylation is 3. The van der Waals surface area contributed by atoms with Gasteiger partial charge in [-0.25, -0.2) is 4.79 Å². The molecule has 0 aliphatic heterocycles. The number of rotatable bonds is 7. The Hall–Kier alpha value is -3.61. The molecule has 0 bridgehead atoms. The van der Waals surface area contributed by atoms with Gasteiger partial charge in [0.05, 0.1) is 16.8 Å². The lowest BCUT2D eigenvalue weighted by molar-refractivity contribution is -0.119. The summed E-state index contributed by atoms with van der Waals surface area (Å²) >= 11 is 0. The van der Waals surface area contributed by atoms with E-state index in [1.807, 2.05) is 45.9 Å². The highest BCUT2D eigenvalue weighted by Gasteiger charge is 2.14. The molecule has 0 unspecified atom stereocenters. The van der Waals surface area contributed by atoms with Crippen molar-refractivity contribution in [1.29, 1.82) is 0 Å². The summed E-state index contributed by atoms with van der Waals surface area (Å²) in [5.74, 6) is 0.193. The highest BCUT2D eigenvalue weighted by Crippen LogP contribution is 2.20. The first-order valence-corrected chi connectivity index (χ1v) is 9.53. The van der Waals surface area contributed by atoms with E-state index < -0.39 is 11.9 Å². The second-order valence-electron chi connectivity index (χ2n) is 6.99. The highest BCUT2D eigenvalue weighted by molar-refractivity contribution is 5.96. The van der Waals surface area contributed by atoms with Crippen LogP contribution in [0.3, 0.4) is 0 Å². The van der Waals surface area contributed by atoms with Gasteiger partial charge in [0.2, 0.25) is 0 Å². The summed E-state index contributed by atoms with van der Waals surface area (Å²) in [5.41, 5.74) is 4.67. The van der Waals surface area contributed by atoms with Crippen LogP contribution in [-0.2, 0) is 16.1 Å². The van der Waals surface area contributed by atoms with Gasteiger partial charge in [0.25, 0.3) is 5.91 Å². The lowest BCUT2D eigenvalue weighted by Crippen LogP contribution is -2.21. The number of carbonyl (C=O) groups is 2. The van der Waals surface area contributed by atoms with Crippen molar-refractivity contribution in [2.45, 2.75) is 34.3 Å². The number of amides is 1. The van der Waals surface area contributed by atoms with Gasteiger partial charge in [0, 0.05) is 5.69 Å². The van der Waals surface area contributed by atoms with Crippen molar-refractivity contribution in [2.75, 3.05) is 11.9 Å². The molecule has 156 valence electrons. The van der Waals surface area contributed by atoms with Crippen molar-refractivity contribution in [3.63, 3.8) is 0 Å². The molecule has 7 nitrogen and oxygen atoms in total. The zero-order valence-electron chi connectivity index (χ0n) is 17.4. The summed E-state index contributed by atoms with van der Waals surface area (Å²) in [6.45, 7) is 7.44. The van der Waals surface area contributed by atoms with E-state index in [0.29, 0.717) is 22.8 Å². The number of carbonyl (C=O) groups excluding carboxylic acids is 2. The van der Waals surface area contributed by atoms with E-state index in [4.69, 9.17) is 14.0 Å². The van der Waals surface area contributed by atoms with Crippen LogP contribution in [0.1, 0.15) is 38.5 Å². The molecule has 1 N–H and O–H groups in total. The number of aromatic nitrogens is 1. The Balaban J connectivity index is 1.56. The summed E-state index contributed by atoms with van der Waals surface area (Å²) in [7, 11) is 0. The Morgan fingerprint density at radius 1 is 1.07 bits per heavy atom. The molecule has 0 fully saturated rings. The maximum atomic E-state index is 12.3. The van der Waals surface area contributed by atoms with E-state index in [-0.39, 0.29) is 13.2 Å². The average Bonchev–Trinajstić information content (AvgIpc) is 3.05. The molecule has 2 aromatic carbocycles. The fourth-order valence-electron chi connectivity index (χ4n) is 2.86. The zero-order chi connectivity index (χ0) is 21.7. The smallest absolute Gasteiger partial charge is 0.338 e. The third kappa shape index (κ3) is 5.05. The van der Waals surface area contributed by atoms with Crippen LogP contribution in [0.5, 0.6) is 5.75 Å². The summed E-state index contributed by atoms with van der Waals surface area (Å²) in [4.78, 5) is 24.5. The number of ether oxygens (including phenoxy) is 2. The molecule has 0 atom stereocenters.